The SMILES string of the molecule is O=Cc1ccn2c(C3CCCCO3)ncc2c1. The van der Waals surface area contributed by atoms with Crippen LogP contribution in [0.2, 0.25) is 0 Å². The van der Waals surface area contributed by atoms with Crippen LogP contribution in [0.5, 0.6) is 0 Å². The second kappa shape index (κ2) is 4.30. The van der Waals surface area contributed by atoms with Gasteiger partial charge < -0.3 is 9.14 Å². The molecule has 4 nitrogen and oxygen atoms in total. The summed E-state index contributed by atoms with van der Waals surface area (Å²) >= 11 is 0. The van der Waals surface area contributed by atoms with Crippen molar-refractivity contribution in [1.29, 1.82) is 0 Å². The van der Waals surface area contributed by atoms with Crippen molar-refractivity contribution in [2.75, 3.05) is 6.61 Å². The Bertz CT molecular complexity index is 541. The van der Waals surface area contributed by atoms with Crippen molar-refractivity contribution in [2.45, 2.75) is 25.4 Å². The Labute approximate surface area is 99.2 Å². The lowest BCUT2D eigenvalue weighted by Crippen LogP contribution is -2.14. The Morgan fingerprint density at radius 1 is 1.47 bits per heavy atom. The van der Waals surface area contributed by atoms with Crippen LogP contribution in [0.4, 0.5) is 0 Å². The average Bonchev–Trinajstić information content (AvgIpc) is 2.82. The summed E-state index contributed by atoms with van der Waals surface area (Å²) in [5.41, 5.74) is 1.62. The minimum atomic E-state index is 0.0910. The first-order valence-corrected chi connectivity index (χ1v) is 5.92. The standard InChI is InChI=1S/C13H14N2O2/c16-9-10-4-5-15-11(7-10)8-14-13(15)12-3-1-2-6-17-12/h4-5,7-9,12H,1-3,6H2. The van der Waals surface area contributed by atoms with E-state index in [0.29, 0.717) is 5.56 Å². The molecule has 1 fully saturated rings. The maximum absolute atomic E-state index is 10.7. The fourth-order valence-corrected chi connectivity index (χ4v) is 2.29. The van der Waals surface area contributed by atoms with Crippen molar-refractivity contribution in [3.63, 3.8) is 0 Å². The highest BCUT2D eigenvalue weighted by Crippen LogP contribution is 2.27. The second-order valence-corrected chi connectivity index (χ2v) is 4.34. The van der Waals surface area contributed by atoms with E-state index in [1.54, 1.807) is 12.3 Å². The zero-order chi connectivity index (χ0) is 11.7. The molecule has 1 aliphatic heterocycles. The molecule has 3 heterocycles. The highest BCUT2D eigenvalue weighted by molar-refractivity contribution is 5.77. The number of hydrogen-bond acceptors (Lipinski definition) is 3. The lowest BCUT2D eigenvalue weighted by Gasteiger charge is -2.21. The lowest BCUT2D eigenvalue weighted by molar-refractivity contribution is 0.00916. The van der Waals surface area contributed by atoms with Crippen molar-refractivity contribution in [2.24, 2.45) is 0 Å². The third kappa shape index (κ3) is 1.85. The molecule has 0 bridgehead atoms. The number of imidazole rings is 1. The Balaban J connectivity index is 2.02. The van der Waals surface area contributed by atoms with Gasteiger partial charge in [0, 0.05) is 18.4 Å². The first kappa shape index (κ1) is 10.5. The molecule has 0 radical (unpaired) electrons. The number of hydrogen-bond donors (Lipinski definition) is 0. The first-order chi connectivity index (χ1) is 8.38. The lowest BCUT2D eigenvalue weighted by atomic mass is 10.1. The molecule has 0 N–H and O–H groups in total. The molecule has 3 rings (SSSR count). The van der Waals surface area contributed by atoms with E-state index in [0.717, 1.165) is 37.1 Å². The van der Waals surface area contributed by atoms with Crippen LogP contribution in [0.1, 0.15) is 41.5 Å². The van der Waals surface area contributed by atoms with Crippen LogP contribution < -0.4 is 0 Å². The van der Waals surface area contributed by atoms with Crippen LogP contribution in [-0.4, -0.2) is 22.3 Å². The van der Waals surface area contributed by atoms with E-state index >= 15 is 0 Å². The molecule has 88 valence electrons. The number of nitrogens with zero attached hydrogens (tertiary/aromatic N) is 2. The van der Waals surface area contributed by atoms with E-state index in [-0.39, 0.29) is 6.10 Å². The van der Waals surface area contributed by atoms with Gasteiger partial charge in [-0.25, -0.2) is 4.98 Å². The maximum Gasteiger partial charge on any atom is 0.150 e. The van der Waals surface area contributed by atoms with Crippen LogP contribution in [-0.2, 0) is 4.74 Å². The Kier molecular flexibility index (Phi) is 2.65. The number of carbonyl (C=O) groups excluding carboxylic acids is 1. The van der Waals surface area contributed by atoms with Gasteiger partial charge >= 0.3 is 0 Å². The van der Waals surface area contributed by atoms with Gasteiger partial charge in [-0.05, 0) is 31.4 Å². The van der Waals surface area contributed by atoms with Gasteiger partial charge in [0.25, 0.3) is 0 Å². The fourth-order valence-electron chi connectivity index (χ4n) is 2.29. The van der Waals surface area contributed by atoms with Crippen LogP contribution in [0.15, 0.2) is 24.5 Å². The topological polar surface area (TPSA) is 43.6 Å². The zero-order valence-corrected chi connectivity index (χ0v) is 9.50. The molecule has 1 unspecified atom stereocenters. The molecule has 17 heavy (non-hydrogen) atoms. The molecular weight excluding hydrogens is 216 g/mol. The summed E-state index contributed by atoms with van der Waals surface area (Å²) in [5, 5.41) is 0. The smallest absolute Gasteiger partial charge is 0.150 e. The normalized spacial score (nSPS) is 20.6. The van der Waals surface area contributed by atoms with Crippen molar-refractivity contribution in [1.82, 2.24) is 9.38 Å². The van der Waals surface area contributed by atoms with Crippen LogP contribution in [0, 0.1) is 0 Å². The molecule has 2 aromatic heterocycles. The van der Waals surface area contributed by atoms with E-state index in [1.807, 2.05) is 16.7 Å². The van der Waals surface area contributed by atoms with E-state index in [4.69, 9.17) is 4.74 Å². The largest absolute Gasteiger partial charge is 0.370 e. The Morgan fingerprint density at radius 2 is 2.41 bits per heavy atom. The third-order valence-electron chi connectivity index (χ3n) is 3.19. The van der Waals surface area contributed by atoms with Crippen LogP contribution >= 0.6 is 0 Å². The van der Waals surface area contributed by atoms with Gasteiger partial charge in [-0.3, -0.25) is 4.79 Å². The molecule has 4 heteroatoms. The average molecular weight is 230 g/mol. The zero-order valence-electron chi connectivity index (χ0n) is 9.50. The number of ether oxygens (including phenoxy) is 1. The third-order valence-corrected chi connectivity index (χ3v) is 3.19. The fraction of sp³-hybridized carbons (Fsp3) is 0.385. The molecule has 2 aromatic rings. The van der Waals surface area contributed by atoms with E-state index < -0.39 is 0 Å². The predicted molar refractivity (Wildman–Crippen MR) is 63.1 cm³/mol. The summed E-state index contributed by atoms with van der Waals surface area (Å²) in [4.78, 5) is 15.1. The Hall–Kier alpha value is -1.68. The monoisotopic (exact) mass is 230 g/mol. The summed E-state index contributed by atoms with van der Waals surface area (Å²) in [7, 11) is 0. The second-order valence-electron chi connectivity index (χ2n) is 4.34. The van der Waals surface area contributed by atoms with Crippen LogP contribution in [0.25, 0.3) is 5.52 Å². The molecule has 0 aliphatic carbocycles. The van der Waals surface area contributed by atoms with E-state index in [9.17, 15) is 4.79 Å². The first-order valence-electron chi connectivity index (χ1n) is 5.92. The summed E-state index contributed by atoms with van der Waals surface area (Å²) < 4.78 is 7.74. The number of pyridine rings is 1. The molecule has 1 atom stereocenters. The van der Waals surface area contributed by atoms with Gasteiger partial charge in [0.15, 0.2) is 0 Å². The molecular formula is C13H14N2O2. The molecule has 0 saturated carbocycles. The summed E-state index contributed by atoms with van der Waals surface area (Å²) in [5.74, 6) is 0.942. The number of rotatable bonds is 2. The number of fused-ring (bicyclic) bond motifs is 1. The van der Waals surface area contributed by atoms with Gasteiger partial charge in [0.05, 0.1) is 11.7 Å². The van der Waals surface area contributed by atoms with Crippen molar-refractivity contribution in [3.8, 4) is 0 Å². The number of aldehydes is 1. The van der Waals surface area contributed by atoms with E-state index in [2.05, 4.69) is 4.98 Å². The highest BCUT2D eigenvalue weighted by Gasteiger charge is 2.20. The number of aromatic nitrogens is 2. The maximum atomic E-state index is 10.7. The van der Waals surface area contributed by atoms with Gasteiger partial charge in [0.1, 0.15) is 18.2 Å². The van der Waals surface area contributed by atoms with Gasteiger partial charge in [-0.2, -0.15) is 0 Å². The minimum Gasteiger partial charge on any atom is -0.370 e. The quantitative estimate of drug-likeness (QED) is 0.744. The predicted octanol–water partition coefficient (Wildman–Crippen LogP) is 2.39. The molecule has 0 amide bonds. The molecule has 1 aliphatic rings. The summed E-state index contributed by atoms with van der Waals surface area (Å²) in [6.45, 7) is 0.812. The van der Waals surface area contributed by atoms with Crippen molar-refractivity contribution < 1.29 is 9.53 Å². The molecule has 1 saturated heterocycles. The van der Waals surface area contributed by atoms with Crippen molar-refractivity contribution >= 4 is 11.8 Å². The van der Waals surface area contributed by atoms with Gasteiger partial charge in [-0.15, -0.1) is 0 Å². The Morgan fingerprint density at radius 3 is 3.18 bits per heavy atom. The molecule has 0 aromatic carbocycles. The number of carbonyl (C=O) groups is 1. The molecule has 0 spiro atoms. The van der Waals surface area contributed by atoms with Crippen LogP contribution in [0.3, 0.4) is 0 Å². The van der Waals surface area contributed by atoms with Gasteiger partial charge in [-0.1, -0.05) is 0 Å². The van der Waals surface area contributed by atoms with Crippen molar-refractivity contribution in [3.05, 3.63) is 35.9 Å². The van der Waals surface area contributed by atoms with Gasteiger partial charge in [0.2, 0.25) is 0 Å². The summed E-state index contributed by atoms with van der Waals surface area (Å²) in [6, 6.07) is 3.64. The summed E-state index contributed by atoms with van der Waals surface area (Å²) in [6.07, 6.45) is 7.97. The minimum absolute atomic E-state index is 0.0910. The van der Waals surface area contributed by atoms with E-state index in [1.165, 1.54) is 6.42 Å². The highest BCUT2D eigenvalue weighted by atomic mass is 16.5.